The number of nitrogens with two attached hydrogens (primary N) is 1. The second-order valence-electron chi connectivity index (χ2n) is 8.03. The largest absolute Gasteiger partial charge is 0.493 e. The fourth-order valence-electron chi connectivity index (χ4n) is 3.99. The first kappa shape index (κ1) is 22.6. The van der Waals surface area contributed by atoms with Gasteiger partial charge in [-0.25, -0.2) is 9.59 Å². The Morgan fingerprint density at radius 3 is 2.34 bits per heavy atom. The molecule has 7 N–H and O–H groups in total. The fraction of sp³-hybridized carbons (Fsp3) is 0.550. The number of hydrogen-bond acceptors (Lipinski definition) is 6. The van der Waals surface area contributed by atoms with Gasteiger partial charge in [0.05, 0.1) is 6.61 Å². The van der Waals surface area contributed by atoms with Crippen molar-refractivity contribution in [3.05, 3.63) is 29.8 Å². The van der Waals surface area contributed by atoms with Crippen LogP contribution in [-0.4, -0.2) is 56.0 Å². The van der Waals surface area contributed by atoms with E-state index < -0.39 is 40.9 Å². The number of ether oxygens (including phenoxy) is 1. The standard InChI is InChI=1S/C20H28N2O7/c1-19(27,17(23)24)13-6-7-15(20(2,28)18(25)26)12(8-13)10-29-14-5-3-4-11(9-14)16(21)22/h3-5,9,12-13,15,27-28H,6-8,10H2,1-2H3,(H3,21,22)(H,23,24)(H,25,26). The van der Waals surface area contributed by atoms with E-state index in [0.29, 0.717) is 11.3 Å². The van der Waals surface area contributed by atoms with E-state index in [2.05, 4.69) is 0 Å². The first-order valence-electron chi connectivity index (χ1n) is 9.36. The molecule has 1 aliphatic rings. The molecule has 0 spiro atoms. The Morgan fingerprint density at radius 1 is 1.17 bits per heavy atom. The molecule has 1 saturated carbocycles. The van der Waals surface area contributed by atoms with E-state index in [4.69, 9.17) is 15.9 Å². The molecule has 1 fully saturated rings. The van der Waals surface area contributed by atoms with Crippen molar-refractivity contribution in [2.24, 2.45) is 23.5 Å². The quantitative estimate of drug-likeness (QED) is 0.273. The van der Waals surface area contributed by atoms with Crippen molar-refractivity contribution < 1.29 is 34.8 Å². The van der Waals surface area contributed by atoms with Crippen LogP contribution in [-0.2, 0) is 9.59 Å². The number of hydrogen-bond donors (Lipinski definition) is 6. The lowest BCUT2D eigenvalue weighted by Gasteiger charge is -2.44. The van der Waals surface area contributed by atoms with Gasteiger partial charge in [0, 0.05) is 11.5 Å². The number of amidine groups is 1. The van der Waals surface area contributed by atoms with Crippen molar-refractivity contribution in [3.8, 4) is 5.75 Å². The zero-order valence-electron chi connectivity index (χ0n) is 16.5. The van der Waals surface area contributed by atoms with Crippen molar-refractivity contribution in [2.45, 2.75) is 44.3 Å². The molecule has 1 aromatic carbocycles. The molecule has 9 nitrogen and oxygen atoms in total. The van der Waals surface area contributed by atoms with E-state index in [9.17, 15) is 30.0 Å². The van der Waals surface area contributed by atoms with Gasteiger partial charge in [-0.2, -0.15) is 0 Å². The lowest BCUT2D eigenvalue weighted by Crippen LogP contribution is -2.53. The second-order valence-corrected chi connectivity index (χ2v) is 8.03. The number of benzene rings is 1. The van der Waals surface area contributed by atoms with Gasteiger partial charge in [0.15, 0.2) is 11.2 Å². The average Bonchev–Trinajstić information content (AvgIpc) is 2.65. The first-order chi connectivity index (χ1) is 13.4. The summed E-state index contributed by atoms with van der Waals surface area (Å²) >= 11 is 0. The zero-order valence-corrected chi connectivity index (χ0v) is 16.5. The van der Waals surface area contributed by atoms with Gasteiger partial charge in [-0.05, 0) is 57.1 Å². The molecule has 0 amide bonds. The van der Waals surface area contributed by atoms with E-state index in [1.165, 1.54) is 13.8 Å². The maximum absolute atomic E-state index is 11.6. The maximum atomic E-state index is 11.6. The van der Waals surface area contributed by atoms with Gasteiger partial charge >= 0.3 is 11.9 Å². The summed E-state index contributed by atoms with van der Waals surface area (Å²) in [6.07, 6.45) is 0.679. The van der Waals surface area contributed by atoms with Crippen LogP contribution < -0.4 is 10.5 Å². The Hall–Kier alpha value is -2.65. The Labute approximate surface area is 168 Å². The molecule has 9 heteroatoms. The topological polar surface area (TPSA) is 174 Å². The monoisotopic (exact) mass is 408 g/mol. The van der Waals surface area contributed by atoms with E-state index in [-0.39, 0.29) is 31.7 Å². The van der Waals surface area contributed by atoms with Gasteiger partial charge < -0.3 is 30.9 Å². The van der Waals surface area contributed by atoms with Crippen molar-refractivity contribution in [1.29, 1.82) is 5.41 Å². The van der Waals surface area contributed by atoms with Crippen LogP contribution in [0.15, 0.2) is 24.3 Å². The van der Waals surface area contributed by atoms with E-state index in [1.54, 1.807) is 24.3 Å². The summed E-state index contributed by atoms with van der Waals surface area (Å²) < 4.78 is 5.78. The lowest BCUT2D eigenvalue weighted by atomic mass is 9.64. The van der Waals surface area contributed by atoms with Gasteiger partial charge in [0.2, 0.25) is 0 Å². The minimum absolute atomic E-state index is 0.0155. The number of carboxylic acids is 2. The van der Waals surface area contributed by atoms with Crippen LogP contribution in [0.4, 0.5) is 0 Å². The van der Waals surface area contributed by atoms with Gasteiger partial charge in [0.25, 0.3) is 0 Å². The lowest BCUT2D eigenvalue weighted by molar-refractivity contribution is -0.176. The van der Waals surface area contributed by atoms with Crippen LogP contribution in [0.5, 0.6) is 5.75 Å². The third kappa shape index (κ3) is 4.86. The highest BCUT2D eigenvalue weighted by molar-refractivity contribution is 5.95. The third-order valence-corrected chi connectivity index (χ3v) is 5.97. The number of aliphatic carboxylic acids is 2. The van der Waals surface area contributed by atoms with Gasteiger partial charge in [-0.15, -0.1) is 0 Å². The zero-order chi connectivity index (χ0) is 22.0. The summed E-state index contributed by atoms with van der Waals surface area (Å²) in [4.78, 5) is 23.0. The highest BCUT2D eigenvalue weighted by Crippen LogP contribution is 2.44. The Bertz CT molecular complexity index is 791. The first-order valence-corrected chi connectivity index (χ1v) is 9.36. The summed E-state index contributed by atoms with van der Waals surface area (Å²) in [5.74, 6) is -4.23. The number of rotatable bonds is 8. The van der Waals surface area contributed by atoms with Crippen molar-refractivity contribution >= 4 is 17.8 Å². The molecular weight excluding hydrogens is 380 g/mol. The molecule has 0 bridgehead atoms. The Morgan fingerprint density at radius 2 is 1.79 bits per heavy atom. The van der Waals surface area contributed by atoms with E-state index in [1.807, 2.05) is 0 Å². The molecule has 5 atom stereocenters. The van der Waals surface area contributed by atoms with E-state index >= 15 is 0 Å². The molecule has 1 aliphatic carbocycles. The van der Waals surface area contributed by atoms with Crippen molar-refractivity contribution in [1.82, 2.24) is 0 Å². The summed E-state index contributed by atoms with van der Waals surface area (Å²) in [6, 6.07) is 6.54. The van der Waals surface area contributed by atoms with Gasteiger partial charge in [0.1, 0.15) is 11.6 Å². The summed E-state index contributed by atoms with van der Waals surface area (Å²) in [5.41, 5.74) is 1.96. The predicted molar refractivity (Wildman–Crippen MR) is 104 cm³/mol. The average molecular weight is 408 g/mol. The minimum atomic E-state index is -2.02. The Kier molecular flexibility index (Phi) is 6.54. The third-order valence-electron chi connectivity index (χ3n) is 5.97. The van der Waals surface area contributed by atoms with Crippen molar-refractivity contribution in [3.63, 3.8) is 0 Å². The number of aliphatic hydroxyl groups is 2. The maximum Gasteiger partial charge on any atom is 0.335 e. The fourth-order valence-corrected chi connectivity index (χ4v) is 3.99. The van der Waals surface area contributed by atoms with E-state index in [0.717, 1.165) is 0 Å². The van der Waals surface area contributed by atoms with Crippen LogP contribution in [0.25, 0.3) is 0 Å². The summed E-state index contributed by atoms with van der Waals surface area (Å²) in [6.45, 7) is 2.46. The molecule has 0 aliphatic heterocycles. The van der Waals surface area contributed by atoms with Crippen LogP contribution in [0.3, 0.4) is 0 Å². The highest BCUT2D eigenvalue weighted by atomic mass is 16.5. The molecule has 0 saturated heterocycles. The number of nitrogens with one attached hydrogen (secondary N) is 1. The van der Waals surface area contributed by atoms with Crippen LogP contribution in [0, 0.1) is 23.2 Å². The molecule has 0 radical (unpaired) electrons. The molecule has 160 valence electrons. The summed E-state index contributed by atoms with van der Waals surface area (Å²) in [7, 11) is 0. The molecular formula is C20H28N2O7. The smallest absolute Gasteiger partial charge is 0.335 e. The van der Waals surface area contributed by atoms with Gasteiger partial charge in [-0.1, -0.05) is 12.1 Å². The highest BCUT2D eigenvalue weighted by Gasteiger charge is 2.50. The summed E-state index contributed by atoms with van der Waals surface area (Å²) in [5, 5.41) is 47.1. The van der Waals surface area contributed by atoms with Gasteiger partial charge in [-0.3, -0.25) is 5.41 Å². The van der Waals surface area contributed by atoms with Crippen LogP contribution in [0.1, 0.15) is 38.7 Å². The predicted octanol–water partition coefficient (Wildman–Crippen LogP) is 1.05. The molecule has 0 aromatic heterocycles. The van der Waals surface area contributed by atoms with Crippen molar-refractivity contribution in [2.75, 3.05) is 6.61 Å². The number of carboxylic acid groups (broad SMARTS) is 2. The van der Waals surface area contributed by atoms with Crippen LogP contribution in [0.2, 0.25) is 0 Å². The minimum Gasteiger partial charge on any atom is -0.493 e. The SMILES string of the molecule is CC(O)(C(=O)O)C1CCC(C(C)(O)C(=O)O)C(COc2cccc(C(=N)N)c2)C1. The molecule has 5 unspecified atom stereocenters. The normalized spacial score (nSPS) is 26.0. The molecule has 2 rings (SSSR count). The Balaban J connectivity index is 2.25. The number of nitrogen functional groups attached to an aromatic ring is 1. The van der Waals surface area contributed by atoms with Crippen LogP contribution >= 0.6 is 0 Å². The molecule has 29 heavy (non-hydrogen) atoms. The second kappa shape index (κ2) is 8.38. The number of carbonyl (C=O) groups is 2. The molecule has 0 heterocycles. The molecule has 1 aromatic rings.